The predicted molar refractivity (Wildman–Crippen MR) is 103 cm³/mol. The third-order valence-corrected chi connectivity index (χ3v) is 4.84. The van der Waals surface area contributed by atoms with Crippen molar-refractivity contribution in [2.75, 3.05) is 26.2 Å². The third-order valence-electron chi connectivity index (χ3n) is 4.84. The second-order valence-electron chi connectivity index (χ2n) is 7.07. The number of hydrogen-bond acceptors (Lipinski definition) is 2. The standard InChI is InChI=1S/C19H32N2.C2H6/c1-6-20-10-11-21(19(14-20)16(4)5)13-17-8-7-9-18(12-17)15(2)3;1-2/h7-9,12,15-16,19H,6,10-11,13-14H2,1-5H3;1-2H3. The average molecular weight is 319 g/mol. The molecule has 1 aromatic carbocycles. The van der Waals surface area contributed by atoms with Crippen LogP contribution in [0.2, 0.25) is 0 Å². The summed E-state index contributed by atoms with van der Waals surface area (Å²) in [7, 11) is 0. The fourth-order valence-electron chi connectivity index (χ4n) is 3.31. The monoisotopic (exact) mass is 318 g/mol. The quantitative estimate of drug-likeness (QED) is 0.754. The Bertz CT molecular complexity index is 439. The van der Waals surface area contributed by atoms with Gasteiger partial charge in [-0.05, 0) is 29.5 Å². The van der Waals surface area contributed by atoms with Crippen LogP contribution in [0.5, 0.6) is 0 Å². The summed E-state index contributed by atoms with van der Waals surface area (Å²) in [6.45, 7) is 21.5. The minimum Gasteiger partial charge on any atom is -0.301 e. The van der Waals surface area contributed by atoms with Gasteiger partial charge in [0.2, 0.25) is 0 Å². The van der Waals surface area contributed by atoms with Crippen molar-refractivity contribution in [3.63, 3.8) is 0 Å². The highest BCUT2D eigenvalue weighted by atomic mass is 15.3. The second kappa shape index (κ2) is 10.1. The van der Waals surface area contributed by atoms with E-state index in [2.05, 4.69) is 68.7 Å². The molecule has 2 rings (SSSR count). The maximum absolute atomic E-state index is 2.69. The Morgan fingerprint density at radius 2 is 1.78 bits per heavy atom. The van der Waals surface area contributed by atoms with Crippen molar-refractivity contribution in [3.05, 3.63) is 35.4 Å². The Labute approximate surface area is 144 Å². The number of rotatable bonds is 5. The zero-order chi connectivity index (χ0) is 17.4. The van der Waals surface area contributed by atoms with E-state index in [0.29, 0.717) is 17.9 Å². The van der Waals surface area contributed by atoms with Gasteiger partial charge in [-0.2, -0.15) is 0 Å². The molecule has 0 aliphatic carbocycles. The molecule has 0 radical (unpaired) electrons. The summed E-state index contributed by atoms with van der Waals surface area (Å²) in [5, 5.41) is 0. The molecule has 1 fully saturated rings. The number of likely N-dealkylation sites (N-methyl/N-ethyl adjacent to an activating group) is 1. The van der Waals surface area contributed by atoms with Crippen LogP contribution in [0.4, 0.5) is 0 Å². The van der Waals surface area contributed by atoms with Crippen LogP contribution in [0.15, 0.2) is 24.3 Å². The molecule has 1 aliphatic rings. The fraction of sp³-hybridized carbons (Fsp3) is 0.714. The lowest BCUT2D eigenvalue weighted by Crippen LogP contribution is -2.54. The molecule has 0 aromatic heterocycles. The average Bonchev–Trinajstić information content (AvgIpc) is 2.57. The van der Waals surface area contributed by atoms with Gasteiger partial charge in [0.15, 0.2) is 0 Å². The predicted octanol–water partition coefficient (Wildman–Crippen LogP) is 5.00. The number of hydrogen-bond donors (Lipinski definition) is 0. The van der Waals surface area contributed by atoms with Crippen LogP contribution in [0.1, 0.15) is 65.5 Å². The lowest BCUT2D eigenvalue weighted by Gasteiger charge is -2.43. The van der Waals surface area contributed by atoms with Gasteiger partial charge in [-0.25, -0.2) is 0 Å². The Kier molecular flexibility index (Phi) is 8.86. The van der Waals surface area contributed by atoms with Gasteiger partial charge in [0.25, 0.3) is 0 Å². The van der Waals surface area contributed by atoms with E-state index in [0.717, 1.165) is 6.54 Å². The maximum Gasteiger partial charge on any atom is 0.0250 e. The van der Waals surface area contributed by atoms with Crippen LogP contribution in [0.25, 0.3) is 0 Å². The van der Waals surface area contributed by atoms with Crippen molar-refractivity contribution in [2.45, 2.75) is 67.0 Å². The first kappa shape index (κ1) is 20.2. The van der Waals surface area contributed by atoms with Crippen LogP contribution in [-0.4, -0.2) is 42.0 Å². The van der Waals surface area contributed by atoms with Crippen LogP contribution < -0.4 is 0 Å². The van der Waals surface area contributed by atoms with Crippen molar-refractivity contribution < 1.29 is 0 Å². The molecule has 1 unspecified atom stereocenters. The van der Waals surface area contributed by atoms with Crippen molar-refractivity contribution in [1.29, 1.82) is 0 Å². The lowest BCUT2D eigenvalue weighted by atomic mass is 9.97. The summed E-state index contributed by atoms with van der Waals surface area (Å²) in [5.41, 5.74) is 2.93. The molecule has 1 atom stereocenters. The summed E-state index contributed by atoms with van der Waals surface area (Å²) in [4.78, 5) is 5.28. The molecule has 1 aliphatic heterocycles. The molecule has 0 amide bonds. The van der Waals surface area contributed by atoms with Crippen molar-refractivity contribution in [1.82, 2.24) is 9.80 Å². The van der Waals surface area contributed by atoms with E-state index < -0.39 is 0 Å². The van der Waals surface area contributed by atoms with E-state index in [-0.39, 0.29) is 0 Å². The molecule has 0 spiro atoms. The highest BCUT2D eigenvalue weighted by Crippen LogP contribution is 2.22. The second-order valence-corrected chi connectivity index (χ2v) is 7.07. The van der Waals surface area contributed by atoms with E-state index in [1.54, 1.807) is 0 Å². The van der Waals surface area contributed by atoms with E-state index in [1.165, 1.54) is 37.3 Å². The van der Waals surface area contributed by atoms with Crippen LogP contribution in [0.3, 0.4) is 0 Å². The van der Waals surface area contributed by atoms with Crippen LogP contribution >= 0.6 is 0 Å². The van der Waals surface area contributed by atoms with Gasteiger partial charge in [-0.3, -0.25) is 4.90 Å². The summed E-state index contributed by atoms with van der Waals surface area (Å²) in [6, 6.07) is 9.84. The van der Waals surface area contributed by atoms with Gasteiger partial charge in [0.1, 0.15) is 0 Å². The van der Waals surface area contributed by atoms with Gasteiger partial charge in [0, 0.05) is 32.2 Å². The van der Waals surface area contributed by atoms with E-state index >= 15 is 0 Å². The van der Waals surface area contributed by atoms with Crippen molar-refractivity contribution in [2.24, 2.45) is 5.92 Å². The fourth-order valence-corrected chi connectivity index (χ4v) is 3.31. The van der Waals surface area contributed by atoms with Gasteiger partial charge < -0.3 is 4.90 Å². The summed E-state index contributed by atoms with van der Waals surface area (Å²) in [6.07, 6.45) is 0. The molecule has 1 heterocycles. The molecule has 1 saturated heterocycles. The van der Waals surface area contributed by atoms with Gasteiger partial charge >= 0.3 is 0 Å². The zero-order valence-electron chi connectivity index (χ0n) is 16.5. The first-order chi connectivity index (χ1) is 11.0. The Balaban J connectivity index is 0.00000127. The molecular weight excluding hydrogens is 280 g/mol. The largest absolute Gasteiger partial charge is 0.301 e. The molecule has 23 heavy (non-hydrogen) atoms. The number of benzene rings is 1. The summed E-state index contributed by atoms with van der Waals surface area (Å²) in [5.74, 6) is 1.33. The molecule has 132 valence electrons. The number of piperazine rings is 1. The first-order valence-corrected chi connectivity index (χ1v) is 9.56. The minimum absolute atomic E-state index is 0.614. The van der Waals surface area contributed by atoms with Gasteiger partial charge in [-0.1, -0.05) is 72.7 Å². The van der Waals surface area contributed by atoms with Crippen LogP contribution in [-0.2, 0) is 6.54 Å². The topological polar surface area (TPSA) is 6.48 Å². The smallest absolute Gasteiger partial charge is 0.0250 e. The third kappa shape index (κ3) is 5.93. The van der Waals surface area contributed by atoms with E-state index in [4.69, 9.17) is 0 Å². The van der Waals surface area contributed by atoms with Crippen molar-refractivity contribution >= 4 is 0 Å². The normalized spacial score (nSPS) is 19.8. The minimum atomic E-state index is 0.614. The van der Waals surface area contributed by atoms with Gasteiger partial charge in [0.05, 0.1) is 0 Å². The summed E-state index contributed by atoms with van der Waals surface area (Å²) < 4.78 is 0. The highest BCUT2D eigenvalue weighted by molar-refractivity contribution is 5.25. The molecule has 1 aromatic rings. The highest BCUT2D eigenvalue weighted by Gasteiger charge is 2.28. The summed E-state index contributed by atoms with van der Waals surface area (Å²) >= 11 is 0. The van der Waals surface area contributed by atoms with Crippen LogP contribution in [0, 0.1) is 5.92 Å². The molecule has 0 N–H and O–H groups in total. The maximum atomic E-state index is 2.69. The van der Waals surface area contributed by atoms with E-state index in [1.807, 2.05) is 13.8 Å². The first-order valence-electron chi connectivity index (χ1n) is 9.56. The molecule has 2 heteroatoms. The molecular formula is C21H38N2. The Morgan fingerprint density at radius 3 is 2.35 bits per heavy atom. The Morgan fingerprint density at radius 1 is 1.09 bits per heavy atom. The van der Waals surface area contributed by atoms with Crippen molar-refractivity contribution in [3.8, 4) is 0 Å². The Hall–Kier alpha value is -0.860. The molecule has 0 bridgehead atoms. The SMILES string of the molecule is CC.CCN1CCN(Cc2cccc(C(C)C)c2)C(C(C)C)C1. The lowest BCUT2D eigenvalue weighted by molar-refractivity contribution is 0.0469. The van der Waals surface area contributed by atoms with E-state index in [9.17, 15) is 0 Å². The zero-order valence-corrected chi connectivity index (χ0v) is 16.5. The van der Waals surface area contributed by atoms with Gasteiger partial charge in [-0.15, -0.1) is 0 Å². The molecule has 2 nitrogen and oxygen atoms in total. The number of nitrogens with zero attached hydrogens (tertiary/aromatic N) is 2. The molecule has 0 saturated carbocycles.